The number of hydrogen-bond acceptors (Lipinski definition) is 5. The predicted molar refractivity (Wildman–Crippen MR) is 112 cm³/mol. The lowest BCUT2D eigenvalue weighted by molar-refractivity contribution is 0.107. The molecule has 3 rings (SSSR count). The quantitative estimate of drug-likeness (QED) is 0.583. The highest BCUT2D eigenvalue weighted by Gasteiger charge is 2.26. The number of nitrogens with two attached hydrogens (primary N) is 1. The number of anilines is 2. The summed E-state index contributed by atoms with van der Waals surface area (Å²) in [6, 6.07) is 11.7. The van der Waals surface area contributed by atoms with Crippen LogP contribution in [0.15, 0.2) is 54.7 Å². The minimum absolute atomic E-state index is 0.0493. The Kier molecular flexibility index (Phi) is 5.81. The minimum atomic E-state index is -4.47. The van der Waals surface area contributed by atoms with Crippen LogP contribution in [0.2, 0.25) is 15.1 Å². The summed E-state index contributed by atoms with van der Waals surface area (Å²) >= 11 is 17.8. The molecule has 0 spiro atoms. The summed E-state index contributed by atoms with van der Waals surface area (Å²) in [6.45, 7) is 0. The molecule has 0 bridgehead atoms. The van der Waals surface area contributed by atoms with Gasteiger partial charge in [-0.15, -0.1) is 0 Å². The number of halogens is 3. The lowest BCUT2D eigenvalue weighted by atomic mass is 10.1. The van der Waals surface area contributed by atoms with Crippen LogP contribution in [0.3, 0.4) is 0 Å². The third kappa shape index (κ3) is 4.39. The van der Waals surface area contributed by atoms with E-state index in [0.717, 1.165) is 0 Å². The molecule has 1 heterocycles. The lowest BCUT2D eigenvalue weighted by Gasteiger charge is -2.14. The molecule has 0 radical (unpaired) electrons. The van der Waals surface area contributed by atoms with Crippen molar-refractivity contribution < 1.29 is 13.2 Å². The molecule has 28 heavy (non-hydrogen) atoms. The maximum absolute atomic E-state index is 12.6. The maximum atomic E-state index is 12.6. The van der Waals surface area contributed by atoms with Gasteiger partial charge in [0.1, 0.15) is 5.82 Å². The zero-order valence-electron chi connectivity index (χ0n) is 14.0. The molecule has 0 amide bonds. The molecule has 0 aliphatic heterocycles. The van der Waals surface area contributed by atoms with E-state index in [2.05, 4.69) is 9.71 Å². The first-order valence-corrected chi connectivity index (χ1v) is 10.3. The standard InChI is InChI=1S/C18H12Cl3N3O3S/c19-12-3-1-10(2-4-12)18(25)28(26,27)24-16-15(5-6-23-17(16)22)11-7-13(20)9-14(21)8-11/h1-9,24H,(H2,22,23). The average molecular weight is 457 g/mol. The molecule has 0 atom stereocenters. The number of nitrogens with one attached hydrogen (secondary N) is 1. The first kappa shape index (κ1) is 20.4. The highest BCUT2D eigenvalue weighted by atomic mass is 35.5. The van der Waals surface area contributed by atoms with Crippen molar-refractivity contribution in [1.82, 2.24) is 4.98 Å². The second-order valence-electron chi connectivity index (χ2n) is 5.68. The van der Waals surface area contributed by atoms with E-state index in [1.54, 1.807) is 12.1 Å². The van der Waals surface area contributed by atoms with Gasteiger partial charge in [-0.25, -0.2) is 4.98 Å². The number of pyridine rings is 1. The highest BCUT2D eigenvalue weighted by molar-refractivity contribution is 8.07. The van der Waals surface area contributed by atoms with Crippen molar-refractivity contribution in [2.24, 2.45) is 0 Å². The van der Waals surface area contributed by atoms with E-state index in [4.69, 9.17) is 40.5 Å². The number of nitrogen functional groups attached to an aromatic ring is 1. The normalized spacial score (nSPS) is 11.2. The monoisotopic (exact) mass is 455 g/mol. The number of hydrogen-bond donors (Lipinski definition) is 2. The maximum Gasteiger partial charge on any atom is 0.300 e. The van der Waals surface area contributed by atoms with Crippen molar-refractivity contribution in [3.63, 3.8) is 0 Å². The molecule has 3 aromatic rings. The second kappa shape index (κ2) is 7.97. The number of nitrogens with zero attached hydrogens (tertiary/aromatic N) is 1. The van der Waals surface area contributed by atoms with Crippen molar-refractivity contribution in [2.75, 3.05) is 10.5 Å². The van der Waals surface area contributed by atoms with Gasteiger partial charge in [-0.1, -0.05) is 34.8 Å². The van der Waals surface area contributed by atoms with Gasteiger partial charge < -0.3 is 5.73 Å². The molecule has 144 valence electrons. The SMILES string of the molecule is Nc1nccc(-c2cc(Cl)cc(Cl)c2)c1NS(=O)(=O)C(=O)c1ccc(Cl)cc1. The fourth-order valence-corrected chi connectivity index (χ4v) is 4.13. The van der Waals surface area contributed by atoms with Crippen molar-refractivity contribution >= 4 is 61.4 Å². The van der Waals surface area contributed by atoms with Crippen LogP contribution in [0.1, 0.15) is 10.4 Å². The smallest absolute Gasteiger partial charge is 0.300 e. The first-order chi connectivity index (χ1) is 13.2. The Labute approximate surface area is 176 Å². The fraction of sp³-hybridized carbons (Fsp3) is 0. The second-order valence-corrected chi connectivity index (χ2v) is 8.57. The molecule has 2 aromatic carbocycles. The van der Waals surface area contributed by atoms with Crippen molar-refractivity contribution in [3.05, 3.63) is 75.4 Å². The van der Waals surface area contributed by atoms with Crippen LogP contribution < -0.4 is 10.5 Å². The number of carbonyl (C=O) groups is 1. The Balaban J connectivity index is 2.04. The molecular formula is C18H12Cl3N3O3S. The average Bonchev–Trinajstić information content (AvgIpc) is 2.62. The molecule has 3 N–H and O–H groups in total. The zero-order valence-corrected chi connectivity index (χ0v) is 17.1. The molecular weight excluding hydrogens is 445 g/mol. The predicted octanol–water partition coefficient (Wildman–Crippen LogP) is 4.87. The molecule has 0 unspecified atom stereocenters. The molecule has 6 nitrogen and oxygen atoms in total. The largest absolute Gasteiger partial charge is 0.382 e. The molecule has 10 heteroatoms. The Bertz CT molecular complexity index is 1150. The van der Waals surface area contributed by atoms with Gasteiger partial charge in [0.25, 0.3) is 5.12 Å². The number of benzene rings is 2. The fourth-order valence-electron chi connectivity index (χ4n) is 2.46. The van der Waals surface area contributed by atoms with E-state index in [1.807, 2.05) is 0 Å². The van der Waals surface area contributed by atoms with Gasteiger partial charge >= 0.3 is 10.0 Å². The van der Waals surface area contributed by atoms with Crippen LogP contribution in [0.25, 0.3) is 11.1 Å². The van der Waals surface area contributed by atoms with Gasteiger partial charge in [0.15, 0.2) is 0 Å². The molecule has 0 aliphatic rings. The Morgan fingerprint density at radius 3 is 2.14 bits per heavy atom. The van der Waals surface area contributed by atoms with E-state index in [-0.39, 0.29) is 17.1 Å². The van der Waals surface area contributed by atoms with E-state index in [0.29, 0.717) is 26.2 Å². The Morgan fingerprint density at radius 1 is 0.929 bits per heavy atom. The summed E-state index contributed by atoms with van der Waals surface area (Å²) in [4.78, 5) is 16.3. The molecule has 0 saturated heterocycles. The van der Waals surface area contributed by atoms with Crippen LogP contribution in [-0.4, -0.2) is 18.5 Å². The van der Waals surface area contributed by atoms with Crippen LogP contribution >= 0.6 is 34.8 Å². The highest BCUT2D eigenvalue weighted by Crippen LogP contribution is 2.35. The van der Waals surface area contributed by atoms with Crippen LogP contribution in [0.4, 0.5) is 11.5 Å². The number of sulfonamides is 1. The van der Waals surface area contributed by atoms with Gasteiger partial charge in [-0.05, 0) is 54.1 Å². The van der Waals surface area contributed by atoms with Crippen molar-refractivity contribution in [2.45, 2.75) is 0 Å². The lowest BCUT2D eigenvalue weighted by Crippen LogP contribution is -2.24. The van der Waals surface area contributed by atoms with Crippen LogP contribution in [0, 0.1) is 0 Å². The summed E-state index contributed by atoms with van der Waals surface area (Å²) in [6.07, 6.45) is 1.40. The van der Waals surface area contributed by atoms with E-state index in [9.17, 15) is 13.2 Å². The van der Waals surface area contributed by atoms with E-state index in [1.165, 1.54) is 42.6 Å². The topological polar surface area (TPSA) is 102 Å². The minimum Gasteiger partial charge on any atom is -0.382 e. The van der Waals surface area contributed by atoms with Gasteiger partial charge in [-0.2, -0.15) is 8.42 Å². The number of aromatic nitrogens is 1. The number of rotatable bonds is 4. The Morgan fingerprint density at radius 2 is 1.54 bits per heavy atom. The zero-order chi connectivity index (χ0) is 20.5. The molecule has 0 saturated carbocycles. The van der Waals surface area contributed by atoms with Crippen molar-refractivity contribution in [3.8, 4) is 11.1 Å². The Hall–Kier alpha value is -2.32. The first-order valence-electron chi connectivity index (χ1n) is 7.71. The summed E-state index contributed by atoms with van der Waals surface area (Å²) in [5.41, 5.74) is 6.63. The summed E-state index contributed by atoms with van der Waals surface area (Å²) < 4.78 is 27.5. The molecule has 0 fully saturated rings. The van der Waals surface area contributed by atoms with Crippen molar-refractivity contribution in [1.29, 1.82) is 0 Å². The summed E-state index contributed by atoms with van der Waals surface area (Å²) in [5, 5.41) is -0.0612. The molecule has 0 aliphatic carbocycles. The van der Waals surface area contributed by atoms with Gasteiger partial charge in [0.2, 0.25) is 0 Å². The van der Waals surface area contributed by atoms with Gasteiger partial charge in [0.05, 0.1) is 5.69 Å². The van der Waals surface area contributed by atoms with Gasteiger partial charge in [0, 0.05) is 32.4 Å². The van der Waals surface area contributed by atoms with E-state index >= 15 is 0 Å². The summed E-state index contributed by atoms with van der Waals surface area (Å²) in [5.74, 6) is -0.110. The van der Waals surface area contributed by atoms with E-state index < -0.39 is 15.1 Å². The third-order valence-electron chi connectivity index (χ3n) is 3.71. The van der Waals surface area contributed by atoms with Crippen LogP contribution in [0.5, 0.6) is 0 Å². The number of carbonyl (C=O) groups excluding carboxylic acids is 1. The van der Waals surface area contributed by atoms with Gasteiger partial charge in [-0.3, -0.25) is 9.52 Å². The molecule has 1 aromatic heterocycles. The third-order valence-corrected chi connectivity index (χ3v) is 5.60. The summed E-state index contributed by atoms with van der Waals surface area (Å²) in [7, 11) is -4.47. The van der Waals surface area contributed by atoms with Crippen LogP contribution in [-0.2, 0) is 10.0 Å².